The van der Waals surface area contributed by atoms with Crippen LogP contribution in [0.3, 0.4) is 0 Å². The summed E-state index contributed by atoms with van der Waals surface area (Å²) in [7, 11) is 0. The van der Waals surface area contributed by atoms with Gasteiger partial charge in [-0.05, 0) is 6.42 Å². The molecule has 0 bridgehead atoms. The van der Waals surface area contributed by atoms with Crippen LogP contribution in [0.5, 0.6) is 0 Å². The summed E-state index contributed by atoms with van der Waals surface area (Å²) >= 11 is 0. The van der Waals surface area contributed by atoms with Crippen LogP contribution in [0.25, 0.3) is 0 Å². The Morgan fingerprint density at radius 3 is 2.44 bits per heavy atom. The third kappa shape index (κ3) is 4.73. The van der Waals surface area contributed by atoms with Crippen molar-refractivity contribution < 1.29 is 4.79 Å². The van der Waals surface area contributed by atoms with Crippen molar-refractivity contribution in [1.82, 2.24) is 0 Å². The van der Waals surface area contributed by atoms with Crippen LogP contribution in [0.15, 0.2) is 10.4 Å². The third-order valence-electron chi connectivity index (χ3n) is 0.742. The van der Waals surface area contributed by atoms with Crippen LogP contribution < -0.4 is 0 Å². The topological polar surface area (TPSA) is 75.9 Å². The first-order valence-electron chi connectivity index (χ1n) is 2.46. The van der Waals surface area contributed by atoms with Crippen LogP contribution in [-0.4, -0.2) is 12.5 Å². The molecule has 0 unspecified atom stereocenters. The zero-order valence-electron chi connectivity index (χ0n) is 4.74. The zero-order valence-corrected chi connectivity index (χ0v) is 4.74. The normalized spacial score (nSPS) is 8.44. The minimum Gasteiger partial charge on any atom is -0.269 e. The first-order chi connectivity index (χ1) is 4.31. The molecule has 0 aliphatic heterocycles. The third-order valence-corrected chi connectivity index (χ3v) is 0.742. The van der Waals surface area contributed by atoms with E-state index in [9.17, 15) is 14.6 Å². The fraction of sp³-hybridized carbons (Fsp3) is 0.750. The molecular formula is C4H6N2O3. The van der Waals surface area contributed by atoms with Gasteiger partial charge in [0.05, 0.1) is 6.54 Å². The first-order valence-corrected chi connectivity index (χ1v) is 2.46. The standard InChI is InChI=1S/C4H6N2O3/c7-4(6-9)2-1-3-5-8/h1-3H2. The van der Waals surface area contributed by atoms with Crippen molar-refractivity contribution in [1.29, 1.82) is 0 Å². The number of carbonyl (C=O) groups is 1. The Morgan fingerprint density at radius 1 is 1.33 bits per heavy atom. The number of amides is 1. The highest BCUT2D eigenvalue weighted by Crippen LogP contribution is 1.90. The lowest BCUT2D eigenvalue weighted by molar-refractivity contribution is -0.117. The van der Waals surface area contributed by atoms with Crippen LogP contribution >= 0.6 is 0 Å². The van der Waals surface area contributed by atoms with Gasteiger partial charge in [0.2, 0.25) is 0 Å². The Morgan fingerprint density at radius 2 is 2.00 bits per heavy atom. The van der Waals surface area contributed by atoms with Crippen LogP contribution in [0.4, 0.5) is 0 Å². The van der Waals surface area contributed by atoms with Crippen molar-refractivity contribution in [2.75, 3.05) is 6.54 Å². The van der Waals surface area contributed by atoms with E-state index in [0.29, 0.717) is 6.42 Å². The number of hydrogen-bond donors (Lipinski definition) is 0. The summed E-state index contributed by atoms with van der Waals surface area (Å²) in [4.78, 5) is 28.9. The van der Waals surface area contributed by atoms with Gasteiger partial charge in [0.25, 0.3) is 5.91 Å². The highest BCUT2D eigenvalue weighted by molar-refractivity contribution is 5.76. The van der Waals surface area contributed by atoms with Gasteiger partial charge in [-0.2, -0.15) is 4.91 Å². The predicted octanol–water partition coefficient (Wildman–Crippen LogP) is 0.826. The maximum Gasteiger partial charge on any atom is 0.286 e. The molecule has 0 aromatic carbocycles. The summed E-state index contributed by atoms with van der Waals surface area (Å²) < 4.78 is 0. The minimum atomic E-state index is -0.723. The van der Waals surface area contributed by atoms with Gasteiger partial charge in [-0.1, -0.05) is 5.18 Å². The summed E-state index contributed by atoms with van der Waals surface area (Å²) in [5, 5.41) is 4.62. The van der Waals surface area contributed by atoms with Gasteiger partial charge < -0.3 is 0 Å². The van der Waals surface area contributed by atoms with Crippen molar-refractivity contribution >= 4 is 5.91 Å². The number of rotatable bonds is 4. The van der Waals surface area contributed by atoms with Gasteiger partial charge in [-0.3, -0.25) is 4.79 Å². The molecule has 5 heteroatoms. The second kappa shape index (κ2) is 5.02. The van der Waals surface area contributed by atoms with Crippen molar-refractivity contribution in [2.45, 2.75) is 12.8 Å². The fourth-order valence-corrected chi connectivity index (χ4v) is 0.340. The Bertz CT molecular complexity index is 123. The molecular weight excluding hydrogens is 124 g/mol. The molecule has 0 rings (SSSR count). The van der Waals surface area contributed by atoms with Crippen molar-refractivity contribution in [3.05, 3.63) is 9.81 Å². The molecule has 0 heterocycles. The molecule has 9 heavy (non-hydrogen) atoms. The SMILES string of the molecule is O=NCCCC(=O)N=O. The molecule has 0 saturated carbocycles. The molecule has 0 saturated heterocycles. The summed E-state index contributed by atoms with van der Waals surface area (Å²) in [5.74, 6) is -0.723. The van der Waals surface area contributed by atoms with Crippen LogP contribution in [0.2, 0.25) is 0 Å². The summed E-state index contributed by atoms with van der Waals surface area (Å²) in [5.41, 5.74) is 0. The maximum atomic E-state index is 10.1. The second-order valence-electron chi connectivity index (χ2n) is 1.44. The quantitative estimate of drug-likeness (QED) is 0.417. The number of hydrogen-bond acceptors (Lipinski definition) is 4. The smallest absolute Gasteiger partial charge is 0.269 e. The van der Waals surface area contributed by atoms with Crippen molar-refractivity contribution in [3.8, 4) is 0 Å². The Kier molecular flexibility index (Phi) is 4.39. The van der Waals surface area contributed by atoms with E-state index in [1.54, 1.807) is 0 Å². The van der Waals surface area contributed by atoms with Crippen molar-refractivity contribution in [2.24, 2.45) is 10.4 Å². The molecule has 0 aromatic rings. The van der Waals surface area contributed by atoms with Gasteiger partial charge in [-0.25, -0.2) is 0 Å². The van der Waals surface area contributed by atoms with E-state index in [-0.39, 0.29) is 13.0 Å². The second-order valence-corrected chi connectivity index (χ2v) is 1.44. The highest BCUT2D eigenvalue weighted by Gasteiger charge is 1.97. The number of nitrogens with zero attached hydrogens (tertiary/aromatic N) is 2. The summed E-state index contributed by atoms with van der Waals surface area (Å²) in [6.45, 7) is 0.0707. The van der Waals surface area contributed by atoms with E-state index in [0.717, 1.165) is 0 Å². The summed E-state index contributed by atoms with van der Waals surface area (Å²) in [6.07, 6.45) is 0.337. The molecule has 0 aliphatic rings. The van der Waals surface area contributed by atoms with E-state index in [2.05, 4.69) is 10.4 Å². The number of carbonyl (C=O) groups excluding carboxylic acids is 1. The molecule has 0 fully saturated rings. The predicted molar refractivity (Wildman–Crippen MR) is 30.7 cm³/mol. The Hall–Kier alpha value is -1.13. The van der Waals surface area contributed by atoms with Gasteiger partial charge in [-0.15, -0.1) is 4.91 Å². The first kappa shape index (κ1) is 7.87. The lowest BCUT2D eigenvalue weighted by atomic mass is 10.3. The average Bonchev–Trinajstić information content (AvgIpc) is 1.89. The molecule has 0 spiro atoms. The van der Waals surface area contributed by atoms with E-state index >= 15 is 0 Å². The molecule has 0 radical (unpaired) electrons. The number of nitroso groups, excluding NO2 is 2. The van der Waals surface area contributed by atoms with Gasteiger partial charge in [0.1, 0.15) is 0 Å². The van der Waals surface area contributed by atoms with Gasteiger partial charge in [0, 0.05) is 11.6 Å². The molecule has 0 aliphatic carbocycles. The van der Waals surface area contributed by atoms with Gasteiger partial charge >= 0.3 is 0 Å². The average molecular weight is 130 g/mol. The molecule has 0 N–H and O–H groups in total. The lowest BCUT2D eigenvalue weighted by Crippen LogP contribution is -1.92. The van der Waals surface area contributed by atoms with E-state index in [1.807, 2.05) is 0 Å². The molecule has 5 nitrogen and oxygen atoms in total. The van der Waals surface area contributed by atoms with E-state index < -0.39 is 5.91 Å². The highest BCUT2D eigenvalue weighted by atomic mass is 16.3. The molecule has 50 valence electrons. The minimum absolute atomic E-state index is 0.0231. The van der Waals surface area contributed by atoms with E-state index in [1.165, 1.54) is 0 Å². The van der Waals surface area contributed by atoms with Crippen LogP contribution in [-0.2, 0) is 4.79 Å². The Balaban J connectivity index is 3.16. The molecule has 0 atom stereocenters. The Labute approximate surface area is 51.4 Å². The monoisotopic (exact) mass is 130 g/mol. The molecule has 0 aromatic heterocycles. The largest absolute Gasteiger partial charge is 0.286 e. The zero-order chi connectivity index (χ0) is 7.11. The lowest BCUT2D eigenvalue weighted by Gasteiger charge is -1.83. The maximum absolute atomic E-state index is 10.1. The summed E-state index contributed by atoms with van der Waals surface area (Å²) in [6, 6.07) is 0. The fourth-order valence-electron chi connectivity index (χ4n) is 0.340. The van der Waals surface area contributed by atoms with Crippen molar-refractivity contribution in [3.63, 3.8) is 0 Å². The van der Waals surface area contributed by atoms with Crippen LogP contribution in [0.1, 0.15) is 12.8 Å². The van der Waals surface area contributed by atoms with E-state index in [4.69, 9.17) is 0 Å². The van der Waals surface area contributed by atoms with Crippen LogP contribution in [0, 0.1) is 9.81 Å². The van der Waals surface area contributed by atoms with Gasteiger partial charge in [0.15, 0.2) is 0 Å². The molecule has 1 amide bonds.